The van der Waals surface area contributed by atoms with Gasteiger partial charge in [0.15, 0.2) is 0 Å². The highest BCUT2D eigenvalue weighted by Crippen LogP contribution is 1.99. The molecule has 2 unspecified atom stereocenters. The fourth-order valence-corrected chi connectivity index (χ4v) is 3.58. The van der Waals surface area contributed by atoms with Gasteiger partial charge in [-0.1, -0.05) is 6.42 Å². The van der Waals surface area contributed by atoms with E-state index in [1.165, 1.54) is 0 Å². The molecule has 0 aromatic carbocycles. The standard InChI is InChI=1S/C7H18N2O2S2/c8-4-2-1-3-6-12(10)13(11)7-5-9/h1-9H2. The molecule has 0 heterocycles. The number of nitrogens with two attached hydrogens (primary N) is 2. The molecule has 6 heteroatoms. The van der Waals surface area contributed by atoms with Crippen molar-refractivity contribution in [2.75, 3.05) is 24.6 Å². The van der Waals surface area contributed by atoms with Crippen LogP contribution in [0.4, 0.5) is 0 Å². The molecule has 0 aliphatic heterocycles. The summed E-state index contributed by atoms with van der Waals surface area (Å²) in [4.78, 5) is 0. The highest BCUT2D eigenvalue weighted by atomic mass is 33.1. The van der Waals surface area contributed by atoms with E-state index in [9.17, 15) is 8.42 Å². The summed E-state index contributed by atoms with van der Waals surface area (Å²) in [5.74, 6) is 0.843. The molecule has 0 saturated heterocycles. The van der Waals surface area contributed by atoms with Crippen LogP contribution in [0.3, 0.4) is 0 Å². The van der Waals surface area contributed by atoms with Crippen LogP contribution in [0.1, 0.15) is 19.3 Å². The van der Waals surface area contributed by atoms with Crippen LogP contribution in [0.2, 0.25) is 0 Å². The molecule has 0 radical (unpaired) electrons. The van der Waals surface area contributed by atoms with E-state index in [4.69, 9.17) is 11.5 Å². The summed E-state index contributed by atoms with van der Waals surface area (Å²) >= 11 is 0. The molecule has 0 fully saturated rings. The molecular formula is C7H18N2O2S2. The highest BCUT2D eigenvalue weighted by molar-refractivity contribution is 8.61. The number of unbranched alkanes of at least 4 members (excludes halogenated alkanes) is 2. The van der Waals surface area contributed by atoms with E-state index < -0.39 is 19.7 Å². The Bertz CT molecular complexity index is 176. The maximum atomic E-state index is 11.2. The van der Waals surface area contributed by atoms with Crippen molar-refractivity contribution in [3.05, 3.63) is 0 Å². The predicted molar refractivity (Wildman–Crippen MR) is 58.0 cm³/mol. The fraction of sp³-hybridized carbons (Fsp3) is 1.00. The second-order valence-electron chi connectivity index (χ2n) is 2.65. The van der Waals surface area contributed by atoms with Crippen molar-refractivity contribution in [3.63, 3.8) is 0 Å². The van der Waals surface area contributed by atoms with Crippen LogP contribution in [0.15, 0.2) is 0 Å². The molecule has 80 valence electrons. The van der Waals surface area contributed by atoms with E-state index in [0.29, 0.717) is 24.6 Å². The van der Waals surface area contributed by atoms with Crippen LogP contribution in [0.5, 0.6) is 0 Å². The van der Waals surface area contributed by atoms with Gasteiger partial charge in [-0.25, -0.2) is 8.42 Å². The van der Waals surface area contributed by atoms with Crippen LogP contribution in [0, 0.1) is 0 Å². The van der Waals surface area contributed by atoms with Crippen molar-refractivity contribution < 1.29 is 8.42 Å². The zero-order valence-electron chi connectivity index (χ0n) is 7.74. The van der Waals surface area contributed by atoms with Crippen molar-refractivity contribution in [3.8, 4) is 0 Å². The molecule has 13 heavy (non-hydrogen) atoms. The molecule has 0 aliphatic rings. The molecule has 0 aromatic heterocycles. The molecular weight excluding hydrogens is 208 g/mol. The molecule has 0 rings (SSSR count). The molecule has 2 atom stereocenters. The van der Waals surface area contributed by atoms with E-state index in [1.54, 1.807) is 0 Å². The van der Waals surface area contributed by atoms with Gasteiger partial charge in [0, 0.05) is 18.1 Å². The summed E-state index contributed by atoms with van der Waals surface area (Å²) in [5, 5.41) is 0. The number of rotatable bonds is 8. The topological polar surface area (TPSA) is 86.2 Å². The molecule has 0 spiro atoms. The minimum absolute atomic E-state index is 0.334. The predicted octanol–water partition coefficient (Wildman–Crippen LogP) is -0.513. The Morgan fingerprint density at radius 2 is 1.38 bits per heavy atom. The maximum Gasteiger partial charge on any atom is 0.112 e. The first-order valence-electron chi connectivity index (χ1n) is 4.39. The second kappa shape index (κ2) is 8.80. The average Bonchev–Trinajstić information content (AvgIpc) is 2.12. The van der Waals surface area contributed by atoms with Gasteiger partial charge in [0.1, 0.15) is 19.7 Å². The Morgan fingerprint density at radius 1 is 0.769 bits per heavy atom. The summed E-state index contributed by atoms with van der Waals surface area (Å²) in [7, 11) is -2.47. The van der Waals surface area contributed by atoms with Gasteiger partial charge in [0.25, 0.3) is 0 Å². The minimum atomic E-state index is -1.25. The minimum Gasteiger partial charge on any atom is -0.330 e. The Balaban J connectivity index is 3.44. The highest BCUT2D eigenvalue weighted by Gasteiger charge is 2.07. The lowest BCUT2D eigenvalue weighted by Gasteiger charge is -2.00. The Hall–Kier alpha value is 0.220. The van der Waals surface area contributed by atoms with Crippen LogP contribution < -0.4 is 11.5 Å². The molecule has 0 saturated carbocycles. The Labute approximate surface area is 83.8 Å². The van der Waals surface area contributed by atoms with E-state index in [2.05, 4.69) is 0 Å². The first-order chi connectivity index (χ1) is 6.22. The Morgan fingerprint density at radius 3 is 1.92 bits per heavy atom. The van der Waals surface area contributed by atoms with Crippen molar-refractivity contribution >= 4 is 19.7 Å². The normalized spacial score (nSPS) is 15.5. The van der Waals surface area contributed by atoms with Crippen LogP contribution in [0.25, 0.3) is 0 Å². The van der Waals surface area contributed by atoms with Gasteiger partial charge in [-0.2, -0.15) is 0 Å². The van der Waals surface area contributed by atoms with Gasteiger partial charge in [0.05, 0.1) is 0 Å². The fourth-order valence-electron chi connectivity index (χ4n) is 0.823. The monoisotopic (exact) mass is 226 g/mol. The molecule has 4 nitrogen and oxygen atoms in total. The van der Waals surface area contributed by atoms with Gasteiger partial charge < -0.3 is 11.5 Å². The van der Waals surface area contributed by atoms with Gasteiger partial charge in [0.2, 0.25) is 0 Å². The van der Waals surface area contributed by atoms with Gasteiger partial charge in [-0.05, 0) is 19.4 Å². The van der Waals surface area contributed by atoms with Crippen molar-refractivity contribution in [1.29, 1.82) is 0 Å². The first kappa shape index (κ1) is 13.2. The lowest BCUT2D eigenvalue weighted by molar-refractivity contribution is 0.670. The van der Waals surface area contributed by atoms with Gasteiger partial charge in [-0.3, -0.25) is 0 Å². The van der Waals surface area contributed by atoms with Gasteiger partial charge >= 0.3 is 0 Å². The number of hydrogen-bond acceptors (Lipinski definition) is 4. The third-order valence-electron chi connectivity index (χ3n) is 1.51. The summed E-state index contributed by atoms with van der Waals surface area (Å²) in [5.41, 5.74) is 10.5. The van der Waals surface area contributed by atoms with Crippen molar-refractivity contribution in [2.45, 2.75) is 19.3 Å². The summed E-state index contributed by atoms with van der Waals surface area (Å²) in [6, 6.07) is 0. The van der Waals surface area contributed by atoms with E-state index >= 15 is 0 Å². The third kappa shape index (κ3) is 7.30. The zero-order valence-corrected chi connectivity index (χ0v) is 9.37. The van der Waals surface area contributed by atoms with E-state index in [1.807, 2.05) is 0 Å². The summed E-state index contributed by atoms with van der Waals surface area (Å²) in [6.45, 7) is 1.000. The largest absolute Gasteiger partial charge is 0.330 e. The SMILES string of the molecule is NCCCCCS(=O)S(=O)CCN. The molecule has 0 aromatic rings. The summed E-state index contributed by atoms with van der Waals surface area (Å²) < 4.78 is 22.3. The van der Waals surface area contributed by atoms with Crippen molar-refractivity contribution in [1.82, 2.24) is 0 Å². The lowest BCUT2D eigenvalue weighted by Crippen LogP contribution is -2.15. The quantitative estimate of drug-likeness (QED) is 0.431. The molecule has 0 bridgehead atoms. The van der Waals surface area contributed by atoms with E-state index in [0.717, 1.165) is 19.3 Å². The van der Waals surface area contributed by atoms with Crippen molar-refractivity contribution in [2.24, 2.45) is 11.5 Å². The smallest absolute Gasteiger partial charge is 0.112 e. The molecule has 4 N–H and O–H groups in total. The van der Waals surface area contributed by atoms with Crippen LogP contribution in [-0.4, -0.2) is 33.0 Å². The first-order valence-corrected chi connectivity index (χ1v) is 7.55. The Kier molecular flexibility index (Phi) is 8.95. The zero-order chi connectivity index (χ0) is 10.1. The summed E-state index contributed by atoms with van der Waals surface area (Å²) in [6.07, 6.45) is 2.74. The molecule has 0 aliphatic carbocycles. The number of hydrogen-bond donors (Lipinski definition) is 2. The average molecular weight is 226 g/mol. The molecule has 0 amide bonds. The van der Waals surface area contributed by atoms with Gasteiger partial charge in [-0.15, -0.1) is 0 Å². The van der Waals surface area contributed by atoms with Crippen LogP contribution in [-0.2, 0) is 19.7 Å². The van der Waals surface area contributed by atoms with Crippen LogP contribution >= 0.6 is 0 Å². The second-order valence-corrected chi connectivity index (χ2v) is 6.92. The maximum absolute atomic E-state index is 11.2. The van der Waals surface area contributed by atoms with E-state index in [-0.39, 0.29) is 0 Å². The lowest BCUT2D eigenvalue weighted by atomic mass is 10.2. The third-order valence-corrected chi connectivity index (χ3v) is 5.36.